The highest BCUT2D eigenvalue weighted by molar-refractivity contribution is 6.33. The van der Waals surface area contributed by atoms with E-state index >= 15 is 0 Å². The van der Waals surface area contributed by atoms with E-state index in [9.17, 15) is 4.79 Å². The van der Waals surface area contributed by atoms with Crippen molar-refractivity contribution in [2.24, 2.45) is 0 Å². The fourth-order valence-corrected chi connectivity index (χ4v) is 3.29. The number of nitrogens with two attached hydrogens (primary N) is 1. The van der Waals surface area contributed by atoms with Crippen LogP contribution in [0.15, 0.2) is 12.1 Å². The summed E-state index contributed by atoms with van der Waals surface area (Å²) in [4.78, 5) is 14.7. The molecule has 25 heavy (non-hydrogen) atoms. The van der Waals surface area contributed by atoms with Crippen LogP contribution in [0.4, 0.5) is 5.69 Å². The second-order valence-corrected chi connectivity index (χ2v) is 6.69. The number of likely N-dealkylation sites (tertiary alicyclic amines) is 1. The summed E-state index contributed by atoms with van der Waals surface area (Å²) in [6, 6.07) is 3.40. The van der Waals surface area contributed by atoms with Crippen LogP contribution in [-0.2, 0) is 16.0 Å². The number of anilines is 1. The molecule has 1 aliphatic heterocycles. The summed E-state index contributed by atoms with van der Waals surface area (Å²) in [7, 11) is 3.34. The first-order valence-electron chi connectivity index (χ1n) is 8.42. The lowest BCUT2D eigenvalue weighted by atomic mass is 10.0. The molecule has 2 N–H and O–H groups in total. The van der Waals surface area contributed by atoms with Gasteiger partial charge in [0, 0.05) is 44.7 Å². The van der Waals surface area contributed by atoms with Gasteiger partial charge in [0.1, 0.15) is 11.5 Å². The Morgan fingerprint density at radius 1 is 1.32 bits per heavy atom. The van der Waals surface area contributed by atoms with E-state index in [0.29, 0.717) is 35.4 Å². The maximum Gasteiger partial charge on any atom is 0.137 e. The Morgan fingerprint density at radius 2 is 2.00 bits per heavy atom. The molecule has 0 bridgehead atoms. The second-order valence-electron chi connectivity index (χ2n) is 6.28. The predicted molar refractivity (Wildman–Crippen MR) is 104 cm³/mol. The minimum atomic E-state index is 0. The van der Waals surface area contributed by atoms with E-state index in [0.717, 1.165) is 44.5 Å². The van der Waals surface area contributed by atoms with Crippen LogP contribution in [0.2, 0.25) is 5.02 Å². The van der Waals surface area contributed by atoms with E-state index in [-0.39, 0.29) is 18.2 Å². The van der Waals surface area contributed by atoms with Crippen molar-refractivity contribution < 1.29 is 14.3 Å². The third-order valence-electron chi connectivity index (χ3n) is 4.59. The third-order valence-corrected chi connectivity index (χ3v) is 4.91. The Hall–Kier alpha value is -1.01. The molecule has 7 heteroatoms. The number of ether oxygens (including phenoxy) is 2. The molecular formula is C18H28Cl2N2O3. The van der Waals surface area contributed by atoms with Crippen molar-refractivity contribution in [1.82, 2.24) is 4.90 Å². The van der Waals surface area contributed by atoms with Crippen LogP contribution in [0.25, 0.3) is 0 Å². The maximum absolute atomic E-state index is 12.2. The molecule has 0 spiro atoms. The van der Waals surface area contributed by atoms with Crippen LogP contribution in [0.5, 0.6) is 5.75 Å². The Kier molecular flexibility index (Phi) is 9.57. The minimum Gasteiger partial charge on any atom is -0.496 e. The van der Waals surface area contributed by atoms with Gasteiger partial charge in [0.15, 0.2) is 0 Å². The van der Waals surface area contributed by atoms with Crippen LogP contribution in [0, 0.1) is 0 Å². The Bertz CT molecular complexity index is 561. The molecule has 0 radical (unpaired) electrons. The van der Waals surface area contributed by atoms with E-state index in [2.05, 4.69) is 4.90 Å². The number of nitrogens with zero attached hydrogens (tertiary/aromatic N) is 1. The van der Waals surface area contributed by atoms with E-state index in [1.807, 2.05) is 0 Å². The highest BCUT2D eigenvalue weighted by atomic mass is 35.5. The first kappa shape index (κ1) is 22.0. The van der Waals surface area contributed by atoms with Crippen LogP contribution in [0.3, 0.4) is 0 Å². The Morgan fingerprint density at radius 3 is 2.60 bits per heavy atom. The molecule has 1 saturated heterocycles. The van der Waals surface area contributed by atoms with Gasteiger partial charge in [-0.2, -0.15) is 0 Å². The molecule has 142 valence electrons. The second kappa shape index (κ2) is 10.9. The molecule has 0 aromatic heterocycles. The number of rotatable bonds is 8. The molecule has 0 aliphatic carbocycles. The number of carbonyl (C=O) groups excluding carboxylic acids is 1. The van der Waals surface area contributed by atoms with Gasteiger partial charge in [-0.15, -0.1) is 12.4 Å². The predicted octanol–water partition coefficient (Wildman–Crippen LogP) is 3.36. The van der Waals surface area contributed by atoms with Crippen LogP contribution < -0.4 is 10.5 Å². The van der Waals surface area contributed by atoms with Gasteiger partial charge in [0.2, 0.25) is 0 Å². The summed E-state index contributed by atoms with van der Waals surface area (Å²) in [5, 5.41) is 0.458. The molecule has 1 aromatic carbocycles. The number of ketones is 1. The quantitative estimate of drug-likeness (QED) is 0.689. The first-order valence-corrected chi connectivity index (χ1v) is 8.80. The highest BCUT2D eigenvalue weighted by Gasteiger charge is 2.18. The molecule has 1 aliphatic rings. The number of halogens is 2. The first-order chi connectivity index (χ1) is 11.5. The third kappa shape index (κ3) is 6.66. The standard InChI is InChI=1S/C18H27ClN2O3.ClH/c1-23-15-5-8-21(9-6-15)7-3-4-14(22)10-13-11-16(19)17(20)12-18(13)24-2;/h11-12,15H,3-10,20H2,1-2H3;1H. The molecule has 1 heterocycles. The summed E-state index contributed by atoms with van der Waals surface area (Å²) >= 11 is 6.05. The summed E-state index contributed by atoms with van der Waals surface area (Å²) in [5.74, 6) is 0.813. The lowest BCUT2D eigenvalue weighted by Crippen LogP contribution is -2.37. The highest BCUT2D eigenvalue weighted by Crippen LogP contribution is 2.29. The zero-order chi connectivity index (χ0) is 17.5. The SMILES string of the molecule is COc1cc(N)c(Cl)cc1CC(=O)CCCN1CCC(OC)CC1.Cl. The molecule has 0 atom stereocenters. The summed E-state index contributed by atoms with van der Waals surface area (Å²) in [6.45, 7) is 3.06. The molecular weight excluding hydrogens is 363 g/mol. The number of hydrogen-bond donors (Lipinski definition) is 1. The van der Waals surface area contributed by atoms with Crippen LogP contribution >= 0.6 is 24.0 Å². The minimum absolute atomic E-state index is 0. The zero-order valence-electron chi connectivity index (χ0n) is 14.9. The van der Waals surface area contributed by atoms with Gasteiger partial charge in [-0.25, -0.2) is 0 Å². The smallest absolute Gasteiger partial charge is 0.137 e. The normalized spacial score (nSPS) is 15.6. The zero-order valence-corrected chi connectivity index (χ0v) is 16.5. The van der Waals surface area contributed by atoms with Gasteiger partial charge in [-0.3, -0.25) is 4.79 Å². The molecule has 1 fully saturated rings. The molecule has 5 nitrogen and oxygen atoms in total. The lowest BCUT2D eigenvalue weighted by Gasteiger charge is -2.31. The van der Waals surface area contributed by atoms with Gasteiger partial charge in [-0.1, -0.05) is 11.6 Å². The van der Waals surface area contributed by atoms with E-state index in [4.69, 9.17) is 26.8 Å². The summed E-state index contributed by atoms with van der Waals surface area (Å²) < 4.78 is 10.7. The fourth-order valence-electron chi connectivity index (χ4n) is 3.11. The Balaban J connectivity index is 0.00000312. The van der Waals surface area contributed by atoms with Crippen molar-refractivity contribution in [1.29, 1.82) is 0 Å². The Labute approximate surface area is 161 Å². The van der Waals surface area contributed by atoms with E-state index in [1.54, 1.807) is 26.4 Å². The largest absolute Gasteiger partial charge is 0.496 e. The average molecular weight is 391 g/mol. The van der Waals surface area contributed by atoms with Crippen LogP contribution in [-0.4, -0.2) is 50.6 Å². The van der Waals surface area contributed by atoms with E-state index in [1.165, 1.54) is 0 Å². The number of benzene rings is 1. The number of hydrogen-bond acceptors (Lipinski definition) is 5. The van der Waals surface area contributed by atoms with Gasteiger partial charge in [0.25, 0.3) is 0 Å². The van der Waals surface area contributed by atoms with Crippen molar-refractivity contribution in [3.8, 4) is 5.75 Å². The van der Waals surface area contributed by atoms with Crippen molar-refractivity contribution in [2.45, 2.75) is 38.2 Å². The summed E-state index contributed by atoms with van der Waals surface area (Å²) in [5.41, 5.74) is 7.02. The average Bonchev–Trinajstić information content (AvgIpc) is 2.58. The number of piperidine rings is 1. The maximum atomic E-state index is 12.2. The number of carbonyl (C=O) groups is 1. The van der Waals surface area contributed by atoms with Gasteiger partial charge < -0.3 is 20.1 Å². The molecule has 0 unspecified atom stereocenters. The van der Waals surface area contributed by atoms with Gasteiger partial charge in [-0.05, 0) is 31.9 Å². The molecule has 0 saturated carbocycles. The topological polar surface area (TPSA) is 64.8 Å². The van der Waals surface area contributed by atoms with Gasteiger partial charge >= 0.3 is 0 Å². The van der Waals surface area contributed by atoms with Gasteiger partial charge in [0.05, 0.1) is 23.9 Å². The lowest BCUT2D eigenvalue weighted by molar-refractivity contribution is -0.118. The van der Waals surface area contributed by atoms with E-state index < -0.39 is 0 Å². The monoisotopic (exact) mass is 390 g/mol. The molecule has 1 aromatic rings. The number of Topliss-reactive ketones (excluding diaryl/α,β-unsaturated/α-hetero) is 1. The molecule has 0 amide bonds. The van der Waals surface area contributed by atoms with Crippen molar-refractivity contribution in [3.63, 3.8) is 0 Å². The van der Waals surface area contributed by atoms with Crippen molar-refractivity contribution >= 4 is 35.5 Å². The number of methoxy groups -OCH3 is 2. The summed E-state index contributed by atoms with van der Waals surface area (Å²) in [6.07, 6.45) is 4.31. The number of nitrogen functional groups attached to an aromatic ring is 1. The fraction of sp³-hybridized carbons (Fsp3) is 0.611. The molecule has 2 rings (SSSR count). The van der Waals surface area contributed by atoms with Crippen LogP contribution in [0.1, 0.15) is 31.2 Å². The van der Waals surface area contributed by atoms with Crippen molar-refractivity contribution in [2.75, 3.05) is 39.6 Å². The van der Waals surface area contributed by atoms with Crippen molar-refractivity contribution in [3.05, 3.63) is 22.7 Å².